The van der Waals surface area contributed by atoms with Gasteiger partial charge in [0.25, 0.3) is 0 Å². The van der Waals surface area contributed by atoms with E-state index in [4.69, 9.17) is 0 Å². The number of hydrogen-bond acceptors (Lipinski definition) is 6. The van der Waals surface area contributed by atoms with Gasteiger partial charge in [0.05, 0.1) is 15.1 Å². The molecular formula is C12H12N2O2S2. The molecule has 6 heteroatoms. The maximum absolute atomic E-state index is 11.3. The van der Waals surface area contributed by atoms with Crippen molar-refractivity contribution in [1.82, 2.24) is 10.3 Å². The number of thioether (sulfide) groups is 1. The Kier molecular flexibility index (Phi) is 3.09. The van der Waals surface area contributed by atoms with Crippen LogP contribution in [0.4, 0.5) is 0 Å². The van der Waals surface area contributed by atoms with Crippen LogP contribution in [0, 0.1) is 0 Å². The zero-order valence-corrected chi connectivity index (χ0v) is 11.4. The van der Waals surface area contributed by atoms with Crippen LogP contribution in [0.1, 0.15) is 17.2 Å². The molecule has 2 aliphatic rings. The Hall–Kier alpha value is -0.980. The van der Waals surface area contributed by atoms with Gasteiger partial charge >= 0.3 is 0 Å². The number of Topliss-reactive ketones (excluding diaryl/α,β-unsaturated/α-hetero) is 2. The minimum Gasteiger partial charge on any atom is -0.312 e. The molecule has 1 aliphatic heterocycles. The van der Waals surface area contributed by atoms with Crippen LogP contribution >= 0.6 is 23.1 Å². The van der Waals surface area contributed by atoms with Crippen LogP contribution in [0.25, 0.3) is 12.2 Å². The van der Waals surface area contributed by atoms with E-state index in [-0.39, 0.29) is 0 Å². The molecular weight excluding hydrogens is 268 g/mol. The Balaban J connectivity index is 1.95. The summed E-state index contributed by atoms with van der Waals surface area (Å²) in [5, 5.41) is 5.39. The zero-order valence-electron chi connectivity index (χ0n) is 9.80. The lowest BCUT2D eigenvalue weighted by Gasteiger charge is -2.25. The van der Waals surface area contributed by atoms with Crippen LogP contribution in [0.3, 0.4) is 0 Å². The lowest BCUT2D eigenvalue weighted by atomic mass is 10.2. The first-order chi connectivity index (χ1) is 8.63. The second-order valence-electron chi connectivity index (χ2n) is 4.45. The number of thiazole rings is 1. The number of carbonyl (C=O) groups is 2. The third kappa shape index (κ3) is 2.15. The number of aromatic nitrogens is 1. The van der Waals surface area contributed by atoms with Crippen molar-refractivity contribution in [1.29, 1.82) is 0 Å². The average molecular weight is 280 g/mol. The number of fused-ring (bicyclic) bond motifs is 1. The van der Waals surface area contributed by atoms with Gasteiger partial charge in [-0.3, -0.25) is 9.59 Å². The molecule has 1 aliphatic carbocycles. The molecule has 2 heterocycles. The van der Waals surface area contributed by atoms with E-state index < -0.39 is 11.6 Å². The highest BCUT2D eigenvalue weighted by Gasteiger charge is 2.23. The van der Waals surface area contributed by atoms with Gasteiger partial charge in [0, 0.05) is 30.5 Å². The molecule has 0 saturated carbocycles. The summed E-state index contributed by atoms with van der Waals surface area (Å²) in [6.07, 6.45) is 2.75. The lowest BCUT2D eigenvalue weighted by molar-refractivity contribution is -0.129. The maximum atomic E-state index is 11.3. The van der Waals surface area contributed by atoms with Gasteiger partial charge in [0.1, 0.15) is 5.01 Å². The van der Waals surface area contributed by atoms with Gasteiger partial charge < -0.3 is 5.32 Å². The smallest absolute Gasteiger partial charge is 0.227 e. The fourth-order valence-corrected chi connectivity index (χ4v) is 4.29. The minimum atomic E-state index is -0.470. The van der Waals surface area contributed by atoms with Crippen molar-refractivity contribution in [3.8, 4) is 0 Å². The maximum Gasteiger partial charge on any atom is 0.227 e. The topological polar surface area (TPSA) is 59.1 Å². The van der Waals surface area contributed by atoms with E-state index >= 15 is 0 Å². The van der Waals surface area contributed by atoms with E-state index in [2.05, 4.69) is 17.2 Å². The summed E-state index contributed by atoms with van der Waals surface area (Å²) < 4.78 is 0.814. The number of hydrogen-bond donors (Lipinski definition) is 1. The summed E-state index contributed by atoms with van der Waals surface area (Å²) in [4.78, 5) is 27.1. The predicted octanol–water partition coefficient (Wildman–Crippen LogP) is -0.378. The van der Waals surface area contributed by atoms with Crippen LogP contribution in [0.15, 0.2) is 0 Å². The Morgan fingerprint density at radius 2 is 2.11 bits per heavy atom. The first kappa shape index (κ1) is 12.1. The molecule has 0 bridgehead atoms. The van der Waals surface area contributed by atoms with Gasteiger partial charge in [-0.25, -0.2) is 4.98 Å². The summed E-state index contributed by atoms with van der Waals surface area (Å²) in [6, 6.07) is 0.530. The van der Waals surface area contributed by atoms with E-state index in [1.165, 1.54) is 23.5 Å². The highest BCUT2D eigenvalue weighted by Crippen LogP contribution is 2.31. The van der Waals surface area contributed by atoms with Crippen molar-refractivity contribution < 1.29 is 9.59 Å². The van der Waals surface area contributed by atoms with Crippen LogP contribution in [0.5, 0.6) is 0 Å². The Morgan fingerprint density at radius 1 is 1.33 bits per heavy atom. The first-order valence-electron chi connectivity index (χ1n) is 5.77. The molecule has 2 unspecified atom stereocenters. The normalized spacial score (nSPS) is 27.4. The Morgan fingerprint density at radius 3 is 2.83 bits per heavy atom. The SMILES string of the molecule is CC1CSC(c2nc3c(s2)=CC(=O)C(=O)C=3)CN1. The third-order valence-electron chi connectivity index (χ3n) is 2.95. The fourth-order valence-electron chi connectivity index (χ4n) is 1.94. The number of rotatable bonds is 1. The molecule has 4 nitrogen and oxygen atoms in total. The highest BCUT2D eigenvalue weighted by atomic mass is 32.2. The molecule has 94 valence electrons. The van der Waals surface area contributed by atoms with Crippen molar-refractivity contribution in [2.75, 3.05) is 12.3 Å². The van der Waals surface area contributed by atoms with Crippen molar-refractivity contribution in [3.05, 3.63) is 14.9 Å². The van der Waals surface area contributed by atoms with Gasteiger partial charge in [-0.1, -0.05) is 0 Å². The lowest BCUT2D eigenvalue weighted by Crippen LogP contribution is -2.36. The molecule has 1 aromatic rings. The summed E-state index contributed by atoms with van der Waals surface area (Å²) in [6.45, 7) is 3.05. The molecule has 18 heavy (non-hydrogen) atoms. The summed E-state index contributed by atoms with van der Waals surface area (Å²) >= 11 is 3.39. The number of nitrogens with one attached hydrogen (secondary N) is 1. The number of ketones is 2. The van der Waals surface area contributed by atoms with Gasteiger partial charge in [0.2, 0.25) is 11.6 Å². The molecule has 2 atom stereocenters. The van der Waals surface area contributed by atoms with E-state index in [0.717, 1.165) is 21.8 Å². The predicted molar refractivity (Wildman–Crippen MR) is 73.0 cm³/mol. The first-order valence-corrected chi connectivity index (χ1v) is 7.63. The minimum absolute atomic E-state index is 0.323. The molecule has 1 N–H and O–H groups in total. The van der Waals surface area contributed by atoms with E-state index in [9.17, 15) is 9.59 Å². The quantitative estimate of drug-likeness (QED) is 0.711. The number of nitrogens with zero attached hydrogens (tertiary/aromatic N) is 1. The molecule has 1 fully saturated rings. The van der Waals surface area contributed by atoms with Crippen molar-refractivity contribution >= 4 is 46.8 Å². The standard InChI is InChI=1S/C12H12N2O2S2/c1-6-5-17-11(4-13-6)12-14-7-2-8(15)9(16)3-10(7)18-12/h2-3,6,11,13H,4-5H2,1H3. The van der Waals surface area contributed by atoms with Gasteiger partial charge in [0.15, 0.2) is 0 Å². The Labute approximate surface area is 112 Å². The molecule has 1 saturated heterocycles. The number of carbonyl (C=O) groups excluding carboxylic acids is 2. The third-order valence-corrected chi connectivity index (χ3v) is 5.71. The highest BCUT2D eigenvalue weighted by molar-refractivity contribution is 7.99. The molecule has 1 aromatic heterocycles. The summed E-state index contributed by atoms with van der Waals surface area (Å²) in [5.74, 6) is 0.142. The monoisotopic (exact) mass is 280 g/mol. The van der Waals surface area contributed by atoms with Crippen LogP contribution < -0.4 is 15.2 Å². The van der Waals surface area contributed by atoms with Crippen LogP contribution in [0.2, 0.25) is 0 Å². The fraction of sp³-hybridized carbons (Fsp3) is 0.417. The van der Waals surface area contributed by atoms with Gasteiger partial charge in [-0.05, 0) is 6.92 Å². The van der Waals surface area contributed by atoms with Crippen LogP contribution in [-0.4, -0.2) is 34.9 Å². The Bertz CT molecular complexity index is 583. The van der Waals surface area contributed by atoms with E-state index in [1.807, 2.05) is 11.8 Å². The average Bonchev–Trinajstić information content (AvgIpc) is 2.73. The van der Waals surface area contributed by atoms with Crippen molar-refractivity contribution in [2.24, 2.45) is 0 Å². The molecule has 0 aromatic carbocycles. The van der Waals surface area contributed by atoms with E-state index in [0.29, 0.717) is 16.6 Å². The molecule has 0 spiro atoms. The largest absolute Gasteiger partial charge is 0.312 e. The van der Waals surface area contributed by atoms with E-state index in [1.54, 1.807) is 0 Å². The molecule has 0 radical (unpaired) electrons. The molecule has 3 rings (SSSR count). The second kappa shape index (κ2) is 4.60. The molecule has 0 amide bonds. The van der Waals surface area contributed by atoms with Crippen LogP contribution in [-0.2, 0) is 9.59 Å². The summed E-state index contributed by atoms with van der Waals surface area (Å²) in [7, 11) is 0. The zero-order chi connectivity index (χ0) is 12.7. The van der Waals surface area contributed by atoms with Crippen molar-refractivity contribution in [2.45, 2.75) is 18.2 Å². The van der Waals surface area contributed by atoms with Crippen molar-refractivity contribution in [3.63, 3.8) is 0 Å². The summed E-state index contributed by atoms with van der Waals surface area (Å²) in [5.41, 5.74) is 0. The van der Waals surface area contributed by atoms with Gasteiger partial charge in [-0.15, -0.1) is 23.1 Å². The van der Waals surface area contributed by atoms with Gasteiger partial charge in [-0.2, -0.15) is 0 Å². The second-order valence-corrected chi connectivity index (χ2v) is 6.75.